The molecule has 0 bridgehead atoms. The molecule has 2 aromatic rings. The van der Waals surface area contributed by atoms with E-state index >= 15 is 0 Å². The summed E-state index contributed by atoms with van der Waals surface area (Å²) >= 11 is 5.95. The fraction of sp³-hybridized carbons (Fsp3) is 0.364. The van der Waals surface area contributed by atoms with Crippen molar-refractivity contribution in [2.45, 2.75) is 38.9 Å². The quantitative estimate of drug-likeness (QED) is 0.252. The van der Waals surface area contributed by atoms with Gasteiger partial charge in [-0.25, -0.2) is 0 Å². The van der Waals surface area contributed by atoms with E-state index < -0.39 is 0 Å². The molecule has 0 spiro atoms. The van der Waals surface area contributed by atoms with Gasteiger partial charge in [0.1, 0.15) is 0 Å². The number of halogens is 2. The van der Waals surface area contributed by atoms with Crippen LogP contribution in [0.25, 0.3) is 0 Å². The van der Waals surface area contributed by atoms with E-state index in [1.54, 1.807) is 7.05 Å². The van der Waals surface area contributed by atoms with Crippen LogP contribution in [0.2, 0.25) is 5.02 Å². The number of rotatable bonds is 6. The first-order chi connectivity index (χ1) is 13.6. The summed E-state index contributed by atoms with van der Waals surface area (Å²) < 4.78 is 0. The maximum absolute atomic E-state index is 12.5. The van der Waals surface area contributed by atoms with Gasteiger partial charge in [-0.3, -0.25) is 9.79 Å². The number of guanidine groups is 1. The van der Waals surface area contributed by atoms with Crippen LogP contribution in [0, 0.1) is 0 Å². The Labute approximate surface area is 194 Å². The van der Waals surface area contributed by atoms with Gasteiger partial charge in [-0.2, -0.15) is 0 Å². The monoisotopic (exact) mass is 526 g/mol. The number of benzene rings is 2. The molecule has 1 heterocycles. The van der Waals surface area contributed by atoms with Crippen LogP contribution in [0.1, 0.15) is 42.5 Å². The molecule has 3 rings (SSSR count). The Hall–Kier alpha value is -1.80. The number of hydrogen-bond donors (Lipinski definition) is 2. The Morgan fingerprint density at radius 1 is 1.14 bits per heavy atom. The van der Waals surface area contributed by atoms with Crippen molar-refractivity contribution in [3.63, 3.8) is 0 Å². The average Bonchev–Trinajstić information content (AvgIpc) is 3.15. The van der Waals surface area contributed by atoms with Crippen molar-refractivity contribution >= 4 is 47.4 Å². The SMILES string of the molecule is CN=C(NCCCC(=O)N1Cc2ccccc2C1)NC(C)c1ccc(Cl)cc1.I. The molecule has 156 valence electrons. The molecule has 29 heavy (non-hydrogen) atoms. The summed E-state index contributed by atoms with van der Waals surface area (Å²) in [6.07, 6.45) is 1.30. The molecule has 1 atom stereocenters. The number of amides is 1. The number of fused-ring (bicyclic) bond motifs is 1. The van der Waals surface area contributed by atoms with Crippen LogP contribution in [-0.2, 0) is 17.9 Å². The highest BCUT2D eigenvalue weighted by Crippen LogP contribution is 2.22. The summed E-state index contributed by atoms with van der Waals surface area (Å²) in [7, 11) is 1.75. The van der Waals surface area contributed by atoms with Gasteiger partial charge in [-0.15, -0.1) is 24.0 Å². The summed E-state index contributed by atoms with van der Waals surface area (Å²) in [5, 5.41) is 7.37. The Balaban J connectivity index is 0.00000300. The molecule has 0 aliphatic carbocycles. The first kappa shape index (κ1) is 23.5. The maximum atomic E-state index is 12.5. The normalized spacial score (nSPS) is 14.0. The van der Waals surface area contributed by atoms with Gasteiger partial charge in [-0.05, 0) is 42.2 Å². The van der Waals surface area contributed by atoms with Gasteiger partial charge in [0.15, 0.2) is 5.96 Å². The van der Waals surface area contributed by atoms with Crippen LogP contribution < -0.4 is 10.6 Å². The van der Waals surface area contributed by atoms with Crippen LogP contribution in [0.15, 0.2) is 53.5 Å². The number of hydrogen-bond acceptors (Lipinski definition) is 2. The topological polar surface area (TPSA) is 56.7 Å². The molecular weight excluding hydrogens is 499 g/mol. The first-order valence-corrected chi connectivity index (χ1v) is 10.0. The van der Waals surface area contributed by atoms with Gasteiger partial charge < -0.3 is 15.5 Å². The molecule has 0 aromatic heterocycles. The zero-order valence-corrected chi connectivity index (χ0v) is 19.9. The summed E-state index contributed by atoms with van der Waals surface area (Å²) in [5.41, 5.74) is 3.65. The maximum Gasteiger partial charge on any atom is 0.223 e. The molecule has 0 saturated carbocycles. The van der Waals surface area contributed by atoms with Crippen molar-refractivity contribution in [2.24, 2.45) is 4.99 Å². The van der Waals surface area contributed by atoms with Crippen molar-refractivity contribution in [3.8, 4) is 0 Å². The molecule has 2 N–H and O–H groups in total. The predicted octanol–water partition coefficient (Wildman–Crippen LogP) is 4.51. The zero-order chi connectivity index (χ0) is 19.9. The van der Waals surface area contributed by atoms with Crippen LogP contribution in [-0.4, -0.2) is 30.4 Å². The number of carbonyl (C=O) groups excluding carboxylic acids is 1. The van der Waals surface area contributed by atoms with Crippen LogP contribution in [0.5, 0.6) is 0 Å². The van der Waals surface area contributed by atoms with Gasteiger partial charge >= 0.3 is 0 Å². The van der Waals surface area contributed by atoms with Crippen molar-refractivity contribution in [2.75, 3.05) is 13.6 Å². The van der Waals surface area contributed by atoms with E-state index in [0.717, 1.165) is 36.1 Å². The minimum Gasteiger partial charge on any atom is -0.356 e. The fourth-order valence-electron chi connectivity index (χ4n) is 3.35. The standard InChI is InChI=1S/C22H27ClN4O.HI/c1-16(17-9-11-20(23)12-10-17)26-22(24-2)25-13-5-8-21(28)27-14-18-6-3-4-7-19(18)15-27;/h3-4,6-7,9-12,16H,5,8,13-15H2,1-2H3,(H2,24,25,26);1H. The van der Waals surface area contributed by atoms with Gasteiger partial charge in [0.25, 0.3) is 0 Å². The molecule has 2 aromatic carbocycles. The van der Waals surface area contributed by atoms with E-state index in [1.165, 1.54) is 11.1 Å². The summed E-state index contributed by atoms with van der Waals surface area (Å²) in [4.78, 5) is 18.7. The van der Waals surface area contributed by atoms with E-state index in [4.69, 9.17) is 11.6 Å². The molecule has 1 aliphatic rings. The second-order valence-corrected chi connectivity index (χ2v) is 7.48. The highest BCUT2D eigenvalue weighted by atomic mass is 127. The molecule has 5 nitrogen and oxygen atoms in total. The average molecular weight is 527 g/mol. The van der Waals surface area contributed by atoms with Crippen molar-refractivity contribution in [3.05, 3.63) is 70.2 Å². The summed E-state index contributed by atoms with van der Waals surface area (Å²) in [5.74, 6) is 0.930. The first-order valence-electron chi connectivity index (χ1n) is 9.64. The fourth-order valence-corrected chi connectivity index (χ4v) is 3.47. The molecule has 1 unspecified atom stereocenters. The minimum absolute atomic E-state index is 0. The third kappa shape index (κ3) is 6.60. The molecule has 0 radical (unpaired) electrons. The third-order valence-corrected chi connectivity index (χ3v) is 5.25. The number of carbonyl (C=O) groups is 1. The van der Waals surface area contributed by atoms with Crippen LogP contribution >= 0.6 is 35.6 Å². The Morgan fingerprint density at radius 3 is 2.34 bits per heavy atom. The second-order valence-electron chi connectivity index (χ2n) is 7.04. The summed E-state index contributed by atoms with van der Waals surface area (Å²) in [6.45, 7) is 4.22. The van der Waals surface area contributed by atoms with E-state index in [0.29, 0.717) is 13.0 Å². The second kappa shape index (κ2) is 11.4. The van der Waals surface area contributed by atoms with Crippen molar-refractivity contribution < 1.29 is 4.79 Å². The smallest absolute Gasteiger partial charge is 0.223 e. The lowest BCUT2D eigenvalue weighted by molar-refractivity contribution is -0.131. The molecular formula is C22H28ClIN4O. The third-order valence-electron chi connectivity index (χ3n) is 5.00. The summed E-state index contributed by atoms with van der Waals surface area (Å²) in [6, 6.07) is 16.1. The van der Waals surface area contributed by atoms with E-state index in [-0.39, 0.29) is 35.9 Å². The van der Waals surface area contributed by atoms with E-state index in [9.17, 15) is 4.79 Å². The highest BCUT2D eigenvalue weighted by Gasteiger charge is 2.22. The van der Waals surface area contributed by atoms with Gasteiger partial charge in [0.2, 0.25) is 5.91 Å². The lowest BCUT2D eigenvalue weighted by atomic mass is 10.1. The number of aliphatic imine (C=N–C) groups is 1. The highest BCUT2D eigenvalue weighted by molar-refractivity contribution is 14.0. The molecule has 7 heteroatoms. The molecule has 0 saturated heterocycles. The van der Waals surface area contributed by atoms with Crippen LogP contribution in [0.3, 0.4) is 0 Å². The van der Waals surface area contributed by atoms with Gasteiger partial charge in [-0.1, -0.05) is 48.0 Å². The molecule has 1 aliphatic heterocycles. The number of nitrogens with zero attached hydrogens (tertiary/aromatic N) is 2. The van der Waals surface area contributed by atoms with Crippen LogP contribution in [0.4, 0.5) is 0 Å². The Bertz CT molecular complexity index is 816. The molecule has 1 amide bonds. The van der Waals surface area contributed by atoms with Crippen molar-refractivity contribution in [1.82, 2.24) is 15.5 Å². The largest absolute Gasteiger partial charge is 0.356 e. The Morgan fingerprint density at radius 2 is 1.76 bits per heavy atom. The van der Waals surface area contributed by atoms with Gasteiger partial charge in [0.05, 0.1) is 6.04 Å². The minimum atomic E-state index is 0. The lowest BCUT2D eigenvalue weighted by Gasteiger charge is -2.19. The van der Waals surface area contributed by atoms with Crippen molar-refractivity contribution in [1.29, 1.82) is 0 Å². The van der Waals surface area contributed by atoms with E-state index in [2.05, 4.69) is 34.7 Å². The van der Waals surface area contributed by atoms with E-state index in [1.807, 2.05) is 41.3 Å². The molecule has 0 fully saturated rings. The number of nitrogens with one attached hydrogen (secondary N) is 2. The lowest BCUT2D eigenvalue weighted by Crippen LogP contribution is -2.39. The Kier molecular flexibility index (Phi) is 9.23. The zero-order valence-electron chi connectivity index (χ0n) is 16.8. The van der Waals surface area contributed by atoms with Gasteiger partial charge in [0, 0.05) is 38.1 Å². The predicted molar refractivity (Wildman–Crippen MR) is 130 cm³/mol.